The Balaban J connectivity index is 0.00000150. The molecule has 1 aromatic carbocycles. The molecule has 4 rings (SSSR count). The molecule has 1 atom stereocenters. The number of nitrogens with zero attached hydrogens (tertiary/aromatic N) is 3. The van der Waals surface area contributed by atoms with E-state index in [1.165, 1.54) is 5.56 Å². The van der Waals surface area contributed by atoms with Crippen LogP contribution in [0.15, 0.2) is 48.8 Å². The van der Waals surface area contributed by atoms with E-state index in [9.17, 15) is 4.79 Å². The summed E-state index contributed by atoms with van der Waals surface area (Å²) in [6.45, 7) is 6.94. The van der Waals surface area contributed by atoms with Crippen LogP contribution >= 0.6 is 24.8 Å². The summed E-state index contributed by atoms with van der Waals surface area (Å²) in [7, 11) is 0. The number of amides is 1. The van der Waals surface area contributed by atoms with Crippen molar-refractivity contribution >= 4 is 36.4 Å². The number of carbonyl (C=O) groups excluding carboxylic acids is 1. The third-order valence-electron chi connectivity index (χ3n) is 4.90. The zero-order chi connectivity index (χ0) is 18.8. The molecule has 1 aliphatic heterocycles. The largest absolute Gasteiger partial charge is 0.487 e. The first-order valence-corrected chi connectivity index (χ1v) is 9.29. The molecule has 6 nitrogen and oxygen atoms in total. The number of fused-ring (bicyclic) bond motifs is 1. The molecule has 1 saturated heterocycles. The van der Waals surface area contributed by atoms with Crippen LogP contribution in [-0.4, -0.2) is 45.9 Å². The lowest BCUT2D eigenvalue weighted by atomic mass is 10.1. The Morgan fingerprint density at radius 1 is 1.17 bits per heavy atom. The van der Waals surface area contributed by atoms with E-state index in [1.807, 2.05) is 58.1 Å². The molecule has 0 aliphatic carbocycles. The Hall–Kier alpha value is -2.28. The highest BCUT2D eigenvalue weighted by Crippen LogP contribution is 2.17. The number of aryl methyl sites for hydroxylation is 1. The van der Waals surface area contributed by atoms with Crippen LogP contribution in [0.3, 0.4) is 0 Å². The number of ether oxygens (including phenoxy) is 1. The highest BCUT2D eigenvalue weighted by Gasteiger charge is 2.23. The van der Waals surface area contributed by atoms with Gasteiger partial charge in [0.15, 0.2) is 0 Å². The lowest BCUT2D eigenvalue weighted by molar-refractivity contribution is 0.0655. The lowest BCUT2D eigenvalue weighted by Gasteiger charge is -2.34. The fourth-order valence-corrected chi connectivity index (χ4v) is 3.38. The molecule has 3 heterocycles. The van der Waals surface area contributed by atoms with E-state index in [-0.39, 0.29) is 36.8 Å². The van der Waals surface area contributed by atoms with Crippen LogP contribution in [0.5, 0.6) is 5.75 Å². The van der Waals surface area contributed by atoms with E-state index in [0.29, 0.717) is 12.2 Å². The van der Waals surface area contributed by atoms with Crippen molar-refractivity contribution in [2.24, 2.45) is 0 Å². The second-order valence-corrected chi connectivity index (χ2v) is 7.07. The van der Waals surface area contributed by atoms with Crippen LogP contribution in [0.1, 0.15) is 28.5 Å². The minimum Gasteiger partial charge on any atom is -0.487 e. The van der Waals surface area contributed by atoms with Crippen LogP contribution in [0.25, 0.3) is 5.65 Å². The van der Waals surface area contributed by atoms with Crippen molar-refractivity contribution in [1.29, 1.82) is 0 Å². The highest BCUT2D eigenvalue weighted by molar-refractivity contribution is 5.94. The van der Waals surface area contributed by atoms with Crippen LogP contribution < -0.4 is 10.1 Å². The number of benzene rings is 1. The van der Waals surface area contributed by atoms with Crippen LogP contribution in [0, 0.1) is 6.92 Å². The van der Waals surface area contributed by atoms with Gasteiger partial charge in [-0.25, -0.2) is 4.98 Å². The van der Waals surface area contributed by atoms with E-state index >= 15 is 0 Å². The van der Waals surface area contributed by atoms with Gasteiger partial charge < -0.3 is 19.4 Å². The Morgan fingerprint density at radius 3 is 2.66 bits per heavy atom. The number of nitrogens with one attached hydrogen (secondary N) is 1. The number of hydrogen-bond acceptors (Lipinski definition) is 4. The Morgan fingerprint density at radius 2 is 1.93 bits per heavy atom. The smallest absolute Gasteiger partial charge is 0.254 e. The fourth-order valence-electron chi connectivity index (χ4n) is 3.38. The SMILES string of the molecule is Cc1ccc2nc(COc3ccc(C(=O)N4CCNC[C@@H]4C)cc3)cn2c1.Cl.Cl. The molecule has 3 aromatic rings. The molecule has 0 unspecified atom stereocenters. The zero-order valence-electron chi connectivity index (χ0n) is 16.5. The number of pyridine rings is 1. The van der Waals surface area contributed by atoms with Crippen LogP contribution in [0.2, 0.25) is 0 Å². The van der Waals surface area contributed by atoms with Gasteiger partial charge in [0.25, 0.3) is 5.91 Å². The summed E-state index contributed by atoms with van der Waals surface area (Å²) in [5.41, 5.74) is 3.66. The van der Waals surface area contributed by atoms with E-state index in [2.05, 4.69) is 24.1 Å². The van der Waals surface area contributed by atoms with Crippen LogP contribution in [-0.2, 0) is 6.61 Å². The third kappa shape index (κ3) is 5.21. The molecule has 1 N–H and O–H groups in total. The molecule has 8 heteroatoms. The molecular weight excluding hydrogens is 411 g/mol. The van der Waals surface area contributed by atoms with Crippen molar-refractivity contribution in [3.05, 3.63) is 65.6 Å². The van der Waals surface area contributed by atoms with E-state index in [1.54, 1.807) is 0 Å². The molecule has 0 bridgehead atoms. The molecule has 0 saturated carbocycles. The summed E-state index contributed by atoms with van der Waals surface area (Å²) in [5, 5.41) is 3.30. The van der Waals surface area contributed by atoms with E-state index in [4.69, 9.17) is 4.74 Å². The van der Waals surface area contributed by atoms with Crippen molar-refractivity contribution in [3.63, 3.8) is 0 Å². The first kappa shape index (κ1) is 23.0. The van der Waals surface area contributed by atoms with Gasteiger partial charge in [0.05, 0.1) is 5.69 Å². The van der Waals surface area contributed by atoms with Gasteiger partial charge in [-0.15, -0.1) is 24.8 Å². The molecule has 1 fully saturated rings. The molecule has 0 radical (unpaired) electrons. The predicted molar refractivity (Wildman–Crippen MR) is 119 cm³/mol. The van der Waals surface area contributed by atoms with Crippen molar-refractivity contribution in [1.82, 2.24) is 19.6 Å². The molecule has 1 aliphatic rings. The van der Waals surface area contributed by atoms with Crippen molar-refractivity contribution in [2.75, 3.05) is 19.6 Å². The average molecular weight is 437 g/mol. The average Bonchev–Trinajstić information content (AvgIpc) is 3.08. The minimum atomic E-state index is 0. The van der Waals surface area contributed by atoms with E-state index in [0.717, 1.165) is 36.7 Å². The number of rotatable bonds is 4. The topological polar surface area (TPSA) is 58.9 Å². The van der Waals surface area contributed by atoms with Crippen molar-refractivity contribution in [2.45, 2.75) is 26.5 Å². The molecule has 1 amide bonds. The minimum absolute atomic E-state index is 0. The van der Waals surface area contributed by atoms with Gasteiger partial charge in [-0.2, -0.15) is 0 Å². The number of aromatic nitrogens is 2. The number of hydrogen-bond donors (Lipinski definition) is 1. The van der Waals surface area contributed by atoms with Crippen molar-refractivity contribution < 1.29 is 9.53 Å². The van der Waals surface area contributed by atoms with Crippen LogP contribution in [0.4, 0.5) is 0 Å². The van der Waals surface area contributed by atoms with E-state index < -0.39 is 0 Å². The first-order chi connectivity index (χ1) is 13.1. The van der Waals surface area contributed by atoms with Gasteiger partial charge in [0, 0.05) is 43.6 Å². The third-order valence-corrected chi connectivity index (χ3v) is 4.90. The monoisotopic (exact) mass is 436 g/mol. The highest BCUT2D eigenvalue weighted by atomic mass is 35.5. The maximum atomic E-state index is 12.7. The Bertz CT molecular complexity index is 959. The van der Waals surface area contributed by atoms with Gasteiger partial charge in [-0.1, -0.05) is 6.07 Å². The molecule has 2 aromatic heterocycles. The normalized spacial score (nSPS) is 16.1. The summed E-state index contributed by atoms with van der Waals surface area (Å²) < 4.78 is 7.85. The van der Waals surface area contributed by atoms with Gasteiger partial charge >= 0.3 is 0 Å². The summed E-state index contributed by atoms with van der Waals surface area (Å²) in [4.78, 5) is 19.1. The lowest BCUT2D eigenvalue weighted by Crippen LogP contribution is -2.52. The number of halogens is 2. The summed E-state index contributed by atoms with van der Waals surface area (Å²) in [6, 6.07) is 11.6. The maximum Gasteiger partial charge on any atom is 0.254 e. The molecule has 29 heavy (non-hydrogen) atoms. The summed E-state index contributed by atoms with van der Waals surface area (Å²) in [6.07, 6.45) is 4.02. The quantitative estimate of drug-likeness (QED) is 0.679. The Kier molecular flexibility index (Phi) is 7.90. The molecular formula is C21H26Cl2N4O2. The van der Waals surface area contributed by atoms with Gasteiger partial charge in [-0.3, -0.25) is 4.79 Å². The maximum absolute atomic E-state index is 12.7. The van der Waals surface area contributed by atoms with Crippen molar-refractivity contribution in [3.8, 4) is 5.75 Å². The number of carbonyl (C=O) groups is 1. The second kappa shape index (κ2) is 9.96. The van der Waals surface area contributed by atoms with Gasteiger partial charge in [-0.05, 0) is 49.7 Å². The summed E-state index contributed by atoms with van der Waals surface area (Å²) >= 11 is 0. The number of piperazine rings is 1. The fraction of sp³-hybridized carbons (Fsp3) is 0.333. The zero-order valence-corrected chi connectivity index (χ0v) is 18.1. The molecule has 0 spiro atoms. The second-order valence-electron chi connectivity index (χ2n) is 7.07. The number of imidazole rings is 1. The standard InChI is InChI=1S/C21H24N4O2.2ClH/c1-15-3-8-20-23-18(13-24(20)12-15)14-27-19-6-4-17(5-7-19)21(26)25-10-9-22-11-16(25)2;;/h3-8,12-13,16,22H,9-11,14H2,1-2H3;2*1H/t16-;;/m0../s1. The molecule has 156 valence electrons. The predicted octanol–water partition coefficient (Wildman–Crippen LogP) is 3.50. The Labute approximate surface area is 183 Å². The summed E-state index contributed by atoms with van der Waals surface area (Å²) in [5.74, 6) is 0.805. The van der Waals surface area contributed by atoms with Gasteiger partial charge in [0.2, 0.25) is 0 Å². The first-order valence-electron chi connectivity index (χ1n) is 9.29. The van der Waals surface area contributed by atoms with Gasteiger partial charge in [0.1, 0.15) is 18.0 Å².